The Morgan fingerprint density at radius 2 is 1.68 bits per heavy atom. The second-order valence-corrected chi connectivity index (χ2v) is 7.73. The number of aliphatic hydroxyl groups is 2. The summed E-state index contributed by atoms with van der Waals surface area (Å²) in [7, 11) is 0. The fraction of sp³-hybridized carbons (Fsp3) is 0.478. The number of anilines is 1. The van der Waals surface area contributed by atoms with E-state index in [-0.39, 0.29) is 6.61 Å². The van der Waals surface area contributed by atoms with Gasteiger partial charge in [-0.2, -0.15) is 0 Å². The maximum atomic E-state index is 10.4. The minimum Gasteiger partial charge on any atom is -0.490 e. The van der Waals surface area contributed by atoms with Crippen molar-refractivity contribution in [1.29, 1.82) is 0 Å². The first-order chi connectivity index (χ1) is 13.4. The zero-order chi connectivity index (χ0) is 20.1. The lowest BCUT2D eigenvalue weighted by Gasteiger charge is -2.37. The van der Waals surface area contributed by atoms with Gasteiger partial charge in [0, 0.05) is 44.0 Å². The maximum Gasteiger partial charge on any atom is 0.125 e. The number of β-amino-alcohol motifs (C(OH)–C–C–N with tert-alkyl or cyclic N) is 1. The van der Waals surface area contributed by atoms with Gasteiger partial charge < -0.3 is 19.8 Å². The number of nitrogens with zero attached hydrogens (tertiary/aromatic N) is 2. The van der Waals surface area contributed by atoms with E-state index in [0.717, 1.165) is 31.7 Å². The molecule has 1 aliphatic heterocycles. The fourth-order valence-corrected chi connectivity index (χ4v) is 3.60. The molecule has 3 rings (SSSR count). The summed E-state index contributed by atoms with van der Waals surface area (Å²) >= 11 is 0. The Kier molecular flexibility index (Phi) is 6.94. The van der Waals surface area contributed by atoms with Crippen molar-refractivity contribution in [1.82, 2.24) is 4.90 Å². The van der Waals surface area contributed by atoms with Crippen LogP contribution in [0.3, 0.4) is 0 Å². The number of aliphatic hydroxyl groups excluding tert-OH is 2. The van der Waals surface area contributed by atoms with Crippen molar-refractivity contribution >= 4 is 5.69 Å². The standard InChI is InChI=1S/C23H32N2O3/c1-17-8-9-20(14-18(17)2)25-12-10-24(11-13-25)15-21(27)16-28-23-7-5-4-6-22(23)19(3)26/h4-9,14,19,21,26-27H,10-13,15-16H2,1-3H3. The summed E-state index contributed by atoms with van der Waals surface area (Å²) in [5.74, 6) is 0.635. The fourth-order valence-electron chi connectivity index (χ4n) is 3.60. The molecule has 2 atom stereocenters. The number of hydrogen-bond donors (Lipinski definition) is 2. The van der Waals surface area contributed by atoms with Gasteiger partial charge in [-0.05, 0) is 50.1 Å². The molecule has 2 aromatic rings. The third kappa shape index (κ3) is 5.25. The Labute approximate surface area is 168 Å². The molecular formula is C23H32N2O3. The monoisotopic (exact) mass is 384 g/mol. The van der Waals surface area contributed by atoms with Crippen molar-refractivity contribution in [3.05, 3.63) is 59.2 Å². The van der Waals surface area contributed by atoms with Crippen molar-refractivity contribution in [2.24, 2.45) is 0 Å². The lowest BCUT2D eigenvalue weighted by atomic mass is 10.1. The highest BCUT2D eigenvalue weighted by molar-refractivity contribution is 5.51. The van der Waals surface area contributed by atoms with E-state index in [0.29, 0.717) is 12.3 Å². The van der Waals surface area contributed by atoms with Gasteiger partial charge in [-0.3, -0.25) is 4.90 Å². The van der Waals surface area contributed by atoms with E-state index in [9.17, 15) is 10.2 Å². The van der Waals surface area contributed by atoms with Crippen LogP contribution in [0.5, 0.6) is 5.75 Å². The summed E-state index contributed by atoms with van der Waals surface area (Å²) in [5, 5.41) is 20.2. The van der Waals surface area contributed by atoms with Gasteiger partial charge in [0.1, 0.15) is 18.5 Å². The Hall–Kier alpha value is -2.08. The van der Waals surface area contributed by atoms with Crippen LogP contribution in [0.1, 0.15) is 29.7 Å². The van der Waals surface area contributed by atoms with Crippen molar-refractivity contribution in [2.75, 3.05) is 44.2 Å². The summed E-state index contributed by atoms with van der Waals surface area (Å²) in [6.45, 7) is 10.6. The summed E-state index contributed by atoms with van der Waals surface area (Å²) in [4.78, 5) is 4.69. The van der Waals surface area contributed by atoms with Gasteiger partial charge in [-0.25, -0.2) is 0 Å². The van der Waals surface area contributed by atoms with E-state index in [1.165, 1.54) is 16.8 Å². The highest BCUT2D eigenvalue weighted by atomic mass is 16.5. The summed E-state index contributed by atoms with van der Waals surface area (Å²) in [6, 6.07) is 14.1. The summed E-state index contributed by atoms with van der Waals surface area (Å²) < 4.78 is 5.77. The van der Waals surface area contributed by atoms with E-state index >= 15 is 0 Å². The molecule has 28 heavy (non-hydrogen) atoms. The lowest BCUT2D eigenvalue weighted by Crippen LogP contribution is -2.49. The molecule has 1 saturated heterocycles. The van der Waals surface area contributed by atoms with Crippen LogP contribution in [0.25, 0.3) is 0 Å². The van der Waals surface area contributed by atoms with Gasteiger partial charge in [-0.15, -0.1) is 0 Å². The van der Waals surface area contributed by atoms with Crippen molar-refractivity contribution in [3.63, 3.8) is 0 Å². The van der Waals surface area contributed by atoms with Gasteiger partial charge in [0.25, 0.3) is 0 Å². The number of benzene rings is 2. The molecule has 0 aliphatic carbocycles. The topological polar surface area (TPSA) is 56.2 Å². The zero-order valence-electron chi connectivity index (χ0n) is 17.1. The van der Waals surface area contributed by atoms with Gasteiger partial charge in [0.15, 0.2) is 0 Å². The average molecular weight is 385 g/mol. The normalized spacial score (nSPS) is 17.4. The minimum absolute atomic E-state index is 0.223. The summed E-state index contributed by atoms with van der Waals surface area (Å²) in [6.07, 6.45) is -1.15. The molecule has 0 bridgehead atoms. The molecule has 0 radical (unpaired) electrons. The largest absolute Gasteiger partial charge is 0.490 e. The van der Waals surface area contributed by atoms with E-state index < -0.39 is 12.2 Å². The van der Waals surface area contributed by atoms with E-state index in [1.54, 1.807) is 6.92 Å². The highest BCUT2D eigenvalue weighted by Gasteiger charge is 2.20. The van der Waals surface area contributed by atoms with Gasteiger partial charge in [0.2, 0.25) is 0 Å². The van der Waals surface area contributed by atoms with Crippen molar-refractivity contribution in [3.8, 4) is 5.75 Å². The molecule has 0 saturated carbocycles. The van der Waals surface area contributed by atoms with E-state index in [1.807, 2.05) is 24.3 Å². The predicted octanol–water partition coefficient (Wildman–Crippen LogP) is 2.92. The molecule has 5 nitrogen and oxygen atoms in total. The first kappa shape index (κ1) is 20.6. The van der Waals surface area contributed by atoms with Crippen LogP contribution in [0, 0.1) is 13.8 Å². The Morgan fingerprint density at radius 3 is 2.36 bits per heavy atom. The molecule has 1 fully saturated rings. The predicted molar refractivity (Wildman–Crippen MR) is 113 cm³/mol. The van der Waals surface area contributed by atoms with Crippen LogP contribution < -0.4 is 9.64 Å². The average Bonchev–Trinajstić information content (AvgIpc) is 2.69. The Bertz CT molecular complexity index is 770. The first-order valence-electron chi connectivity index (χ1n) is 10.1. The zero-order valence-corrected chi connectivity index (χ0v) is 17.1. The molecule has 2 N–H and O–H groups in total. The van der Waals surface area contributed by atoms with Gasteiger partial charge in [0.05, 0.1) is 6.10 Å². The first-order valence-corrected chi connectivity index (χ1v) is 10.1. The molecule has 1 aliphatic rings. The van der Waals surface area contributed by atoms with Crippen LogP contribution in [-0.4, -0.2) is 60.5 Å². The second kappa shape index (κ2) is 9.41. The van der Waals surface area contributed by atoms with Gasteiger partial charge >= 0.3 is 0 Å². The third-order valence-electron chi connectivity index (χ3n) is 5.50. The number of aryl methyl sites for hydroxylation is 2. The lowest BCUT2D eigenvalue weighted by molar-refractivity contribution is 0.0648. The Balaban J connectivity index is 1.46. The number of piperazine rings is 1. The van der Waals surface area contributed by atoms with Crippen LogP contribution >= 0.6 is 0 Å². The molecule has 5 heteroatoms. The van der Waals surface area contributed by atoms with Crippen molar-refractivity contribution < 1.29 is 14.9 Å². The molecule has 2 aromatic carbocycles. The number of para-hydroxylation sites is 1. The van der Waals surface area contributed by atoms with Gasteiger partial charge in [-0.1, -0.05) is 24.3 Å². The van der Waals surface area contributed by atoms with Crippen LogP contribution in [0.15, 0.2) is 42.5 Å². The molecule has 0 aromatic heterocycles. The molecule has 152 valence electrons. The molecular weight excluding hydrogens is 352 g/mol. The maximum absolute atomic E-state index is 10.4. The van der Waals surface area contributed by atoms with E-state index in [4.69, 9.17) is 4.74 Å². The van der Waals surface area contributed by atoms with Crippen molar-refractivity contribution in [2.45, 2.75) is 33.0 Å². The number of ether oxygens (including phenoxy) is 1. The molecule has 1 heterocycles. The Morgan fingerprint density at radius 1 is 0.964 bits per heavy atom. The number of rotatable bonds is 7. The second-order valence-electron chi connectivity index (χ2n) is 7.73. The highest BCUT2D eigenvalue weighted by Crippen LogP contribution is 2.25. The molecule has 0 amide bonds. The SMILES string of the molecule is Cc1ccc(N2CCN(CC(O)COc3ccccc3C(C)O)CC2)cc1C. The molecule has 2 unspecified atom stereocenters. The van der Waals surface area contributed by atoms with E-state index in [2.05, 4.69) is 41.8 Å². The van der Waals surface area contributed by atoms with Crippen LogP contribution in [-0.2, 0) is 0 Å². The summed E-state index contributed by atoms with van der Waals surface area (Å²) in [5.41, 5.74) is 4.67. The third-order valence-corrected chi connectivity index (χ3v) is 5.50. The van der Waals surface area contributed by atoms with Crippen LogP contribution in [0.2, 0.25) is 0 Å². The quantitative estimate of drug-likeness (QED) is 0.769. The molecule has 0 spiro atoms. The van der Waals surface area contributed by atoms with Crippen LogP contribution in [0.4, 0.5) is 5.69 Å². The smallest absolute Gasteiger partial charge is 0.125 e. The minimum atomic E-state index is -0.591. The number of hydrogen-bond acceptors (Lipinski definition) is 5.